The Labute approximate surface area is 132 Å². The van der Waals surface area contributed by atoms with E-state index in [9.17, 15) is 9.59 Å². The summed E-state index contributed by atoms with van der Waals surface area (Å²) < 4.78 is 10.5. The molecule has 0 aliphatic rings. The average molecular weight is 323 g/mol. The van der Waals surface area contributed by atoms with Crippen molar-refractivity contribution in [3.63, 3.8) is 0 Å². The van der Waals surface area contributed by atoms with Crippen LogP contribution >= 0.6 is 11.6 Å². The van der Waals surface area contributed by atoms with Crippen molar-refractivity contribution in [1.82, 2.24) is 10.3 Å². The third-order valence-corrected chi connectivity index (χ3v) is 3.23. The van der Waals surface area contributed by atoms with Gasteiger partial charge in [-0.15, -0.1) is 0 Å². The van der Waals surface area contributed by atoms with Crippen LogP contribution in [0.4, 0.5) is 0 Å². The summed E-state index contributed by atoms with van der Waals surface area (Å²) in [6.45, 7) is 3.08. The first-order valence-corrected chi connectivity index (χ1v) is 6.96. The van der Waals surface area contributed by atoms with Crippen LogP contribution in [0.5, 0.6) is 0 Å². The van der Waals surface area contributed by atoms with E-state index in [4.69, 9.17) is 20.8 Å². The summed E-state index contributed by atoms with van der Waals surface area (Å²) in [6.07, 6.45) is -0.910. The molecule has 0 saturated heterocycles. The zero-order valence-corrected chi connectivity index (χ0v) is 13.1. The van der Waals surface area contributed by atoms with Gasteiger partial charge < -0.3 is 14.5 Å². The highest BCUT2D eigenvalue weighted by Crippen LogP contribution is 2.23. The summed E-state index contributed by atoms with van der Waals surface area (Å²) in [4.78, 5) is 27.6. The third kappa shape index (κ3) is 3.46. The number of carbonyl (C=O) groups excluding carboxylic acids is 2. The molecule has 1 aromatic carbocycles. The molecule has 0 aliphatic carbocycles. The molecule has 1 atom stereocenters. The van der Waals surface area contributed by atoms with Crippen LogP contribution in [0.3, 0.4) is 0 Å². The summed E-state index contributed by atoms with van der Waals surface area (Å²) in [7, 11) is 1.46. The largest absolute Gasteiger partial charge is 0.448 e. The minimum atomic E-state index is -0.910. The van der Waals surface area contributed by atoms with Gasteiger partial charge in [-0.05, 0) is 38.1 Å². The summed E-state index contributed by atoms with van der Waals surface area (Å²) in [5, 5.41) is 2.99. The number of aryl methyl sites for hydroxylation is 1. The molecule has 0 saturated carbocycles. The Balaban J connectivity index is 2.21. The maximum Gasteiger partial charge on any atom is 0.361 e. The number of carbonyl (C=O) groups is 2. The van der Waals surface area contributed by atoms with Crippen molar-refractivity contribution in [2.24, 2.45) is 0 Å². The fourth-order valence-corrected chi connectivity index (χ4v) is 1.90. The number of benzene rings is 1. The van der Waals surface area contributed by atoms with E-state index in [-0.39, 0.29) is 11.6 Å². The van der Waals surface area contributed by atoms with Gasteiger partial charge in [0.15, 0.2) is 11.8 Å². The minimum absolute atomic E-state index is 0.0423. The lowest BCUT2D eigenvalue weighted by molar-refractivity contribution is -0.128. The predicted molar refractivity (Wildman–Crippen MR) is 80.6 cm³/mol. The van der Waals surface area contributed by atoms with Crippen LogP contribution in [0.2, 0.25) is 5.02 Å². The summed E-state index contributed by atoms with van der Waals surface area (Å²) in [6, 6.07) is 6.86. The summed E-state index contributed by atoms with van der Waals surface area (Å²) >= 11 is 5.82. The highest BCUT2D eigenvalue weighted by molar-refractivity contribution is 6.30. The molecule has 7 heteroatoms. The average Bonchev–Trinajstić information content (AvgIpc) is 2.89. The van der Waals surface area contributed by atoms with E-state index in [1.165, 1.54) is 14.0 Å². The molecule has 116 valence electrons. The fourth-order valence-electron chi connectivity index (χ4n) is 1.77. The molecule has 0 spiro atoms. The Bertz CT molecular complexity index is 694. The Hall–Kier alpha value is -2.34. The van der Waals surface area contributed by atoms with Gasteiger partial charge in [0.2, 0.25) is 5.89 Å². The van der Waals surface area contributed by atoms with Crippen LogP contribution in [0.1, 0.15) is 23.2 Å². The van der Waals surface area contributed by atoms with Gasteiger partial charge >= 0.3 is 5.97 Å². The lowest BCUT2D eigenvalue weighted by Gasteiger charge is -2.10. The van der Waals surface area contributed by atoms with Crippen molar-refractivity contribution < 1.29 is 18.7 Å². The van der Waals surface area contributed by atoms with Crippen LogP contribution in [0.25, 0.3) is 11.5 Å². The van der Waals surface area contributed by atoms with Crippen molar-refractivity contribution in [2.75, 3.05) is 7.05 Å². The van der Waals surface area contributed by atoms with Crippen molar-refractivity contribution >= 4 is 23.5 Å². The molecule has 22 heavy (non-hydrogen) atoms. The number of ether oxygens (including phenoxy) is 1. The number of amides is 1. The first-order chi connectivity index (χ1) is 10.4. The van der Waals surface area contributed by atoms with Crippen LogP contribution in [-0.4, -0.2) is 30.0 Å². The SMILES string of the molecule is CNC(=O)[C@@H](C)OC(=O)c1nc(-c2ccc(Cl)cc2)oc1C. The highest BCUT2D eigenvalue weighted by atomic mass is 35.5. The molecule has 0 bridgehead atoms. The van der Waals surface area contributed by atoms with E-state index in [0.29, 0.717) is 16.3 Å². The number of esters is 1. The van der Waals surface area contributed by atoms with E-state index < -0.39 is 18.0 Å². The topological polar surface area (TPSA) is 81.4 Å². The second kappa shape index (κ2) is 6.62. The number of halogens is 1. The lowest BCUT2D eigenvalue weighted by Crippen LogP contribution is -2.33. The number of nitrogens with zero attached hydrogens (tertiary/aromatic N) is 1. The van der Waals surface area contributed by atoms with Crippen LogP contribution in [-0.2, 0) is 9.53 Å². The van der Waals surface area contributed by atoms with Crippen molar-refractivity contribution in [1.29, 1.82) is 0 Å². The van der Waals surface area contributed by atoms with Gasteiger partial charge in [0, 0.05) is 17.6 Å². The summed E-state index contributed by atoms with van der Waals surface area (Å²) in [5.74, 6) is -0.502. The number of aromatic nitrogens is 1. The standard InChI is InChI=1S/C15H15ClN2O4/c1-8-12(15(20)22-9(2)13(19)17-3)18-14(21-8)10-4-6-11(16)7-5-10/h4-7,9H,1-3H3,(H,17,19)/t9-/m1/s1. The van der Waals surface area contributed by atoms with Crippen molar-refractivity contribution in [3.05, 3.63) is 40.7 Å². The van der Waals surface area contributed by atoms with Crippen LogP contribution in [0.15, 0.2) is 28.7 Å². The molecule has 1 heterocycles. The zero-order valence-electron chi connectivity index (χ0n) is 12.3. The van der Waals surface area contributed by atoms with E-state index in [1.54, 1.807) is 31.2 Å². The molecule has 0 radical (unpaired) electrons. The maximum atomic E-state index is 12.0. The third-order valence-electron chi connectivity index (χ3n) is 2.98. The quantitative estimate of drug-likeness (QED) is 0.875. The molecule has 0 fully saturated rings. The Morgan fingerprint density at radius 1 is 1.32 bits per heavy atom. The smallest absolute Gasteiger partial charge is 0.361 e. The molecule has 1 aromatic heterocycles. The van der Waals surface area contributed by atoms with Gasteiger partial charge in [-0.1, -0.05) is 11.6 Å². The Morgan fingerprint density at radius 3 is 2.55 bits per heavy atom. The number of rotatable bonds is 4. The minimum Gasteiger partial charge on any atom is -0.448 e. The normalized spacial score (nSPS) is 11.8. The number of hydrogen-bond acceptors (Lipinski definition) is 5. The molecular weight excluding hydrogens is 308 g/mol. The van der Waals surface area contributed by atoms with E-state index in [2.05, 4.69) is 10.3 Å². The predicted octanol–water partition coefficient (Wildman–Crippen LogP) is 2.59. The van der Waals surface area contributed by atoms with Gasteiger partial charge in [-0.3, -0.25) is 4.79 Å². The van der Waals surface area contributed by atoms with Gasteiger partial charge in [0.05, 0.1) is 0 Å². The lowest BCUT2D eigenvalue weighted by atomic mass is 10.2. The Kier molecular flexibility index (Phi) is 4.82. The maximum absolute atomic E-state index is 12.0. The first-order valence-electron chi connectivity index (χ1n) is 6.58. The van der Waals surface area contributed by atoms with E-state index in [1.807, 2.05) is 0 Å². The van der Waals surface area contributed by atoms with Crippen LogP contribution < -0.4 is 5.32 Å². The van der Waals surface area contributed by atoms with Gasteiger partial charge in [0.25, 0.3) is 5.91 Å². The zero-order chi connectivity index (χ0) is 16.3. The molecule has 2 rings (SSSR count). The second-order valence-electron chi connectivity index (χ2n) is 4.59. The highest BCUT2D eigenvalue weighted by Gasteiger charge is 2.23. The monoisotopic (exact) mass is 322 g/mol. The molecule has 6 nitrogen and oxygen atoms in total. The van der Waals surface area contributed by atoms with Crippen molar-refractivity contribution in [2.45, 2.75) is 20.0 Å². The summed E-state index contributed by atoms with van der Waals surface area (Å²) in [5.41, 5.74) is 0.728. The van der Waals surface area contributed by atoms with Gasteiger partial charge in [0.1, 0.15) is 5.76 Å². The van der Waals surface area contributed by atoms with Crippen LogP contribution in [0, 0.1) is 6.92 Å². The molecule has 2 aromatic rings. The van der Waals surface area contributed by atoms with Crippen molar-refractivity contribution in [3.8, 4) is 11.5 Å². The van der Waals surface area contributed by atoms with E-state index >= 15 is 0 Å². The molecule has 0 aliphatic heterocycles. The Morgan fingerprint density at radius 2 is 1.95 bits per heavy atom. The molecule has 0 unspecified atom stereocenters. The number of oxazole rings is 1. The van der Waals surface area contributed by atoms with Gasteiger partial charge in [-0.2, -0.15) is 0 Å². The van der Waals surface area contributed by atoms with E-state index in [0.717, 1.165) is 0 Å². The number of likely N-dealkylation sites (N-methyl/N-ethyl adjacent to an activating group) is 1. The molecule has 1 N–H and O–H groups in total. The van der Waals surface area contributed by atoms with Gasteiger partial charge in [-0.25, -0.2) is 9.78 Å². The molecule has 1 amide bonds. The number of hydrogen-bond donors (Lipinski definition) is 1. The second-order valence-corrected chi connectivity index (χ2v) is 5.03. The number of nitrogens with one attached hydrogen (secondary N) is 1. The first kappa shape index (κ1) is 16.0. The fraction of sp³-hybridized carbons (Fsp3) is 0.267. The molecular formula is C15H15ClN2O4.